The lowest BCUT2D eigenvalue weighted by molar-refractivity contribution is 0.0965. The monoisotopic (exact) mass is 257 g/mol. The smallest absolute Gasteiger partial charge is 0.138 e. The van der Waals surface area contributed by atoms with Crippen LogP contribution < -0.4 is 0 Å². The molecule has 1 aliphatic rings. The minimum atomic E-state index is -0.337. The Morgan fingerprint density at radius 1 is 1.37 bits per heavy atom. The molecule has 0 bridgehead atoms. The van der Waals surface area contributed by atoms with Gasteiger partial charge in [-0.2, -0.15) is 5.10 Å². The Kier molecular flexibility index (Phi) is 3.34. The average Bonchev–Trinajstić information content (AvgIpc) is 2.84. The second-order valence-corrected chi connectivity index (χ2v) is 5.34. The molecule has 1 N–H and O–H groups in total. The zero-order valence-electron chi connectivity index (χ0n) is 11.2. The Hall–Kier alpha value is -1.68. The van der Waals surface area contributed by atoms with Crippen LogP contribution in [0.2, 0.25) is 0 Å². The number of aromatic nitrogens is 3. The normalized spacial score (nSPS) is 20.0. The molecule has 4 nitrogen and oxygen atoms in total. The van der Waals surface area contributed by atoms with E-state index in [1.165, 1.54) is 17.5 Å². The van der Waals surface area contributed by atoms with E-state index in [1.54, 1.807) is 4.68 Å². The van der Waals surface area contributed by atoms with Gasteiger partial charge in [0.1, 0.15) is 12.2 Å². The summed E-state index contributed by atoms with van der Waals surface area (Å²) in [6.07, 6.45) is 4.88. The number of nitrogens with zero attached hydrogens (tertiary/aromatic N) is 3. The first-order valence-electron chi connectivity index (χ1n) is 6.82. The summed E-state index contributed by atoms with van der Waals surface area (Å²) in [7, 11) is 1.87. The van der Waals surface area contributed by atoms with Crippen LogP contribution in [0.1, 0.15) is 23.4 Å². The molecule has 0 saturated heterocycles. The predicted molar refractivity (Wildman–Crippen MR) is 72.7 cm³/mol. The molecule has 0 spiro atoms. The third kappa shape index (κ3) is 2.54. The van der Waals surface area contributed by atoms with Gasteiger partial charge in [-0.25, -0.2) is 4.98 Å². The third-order valence-corrected chi connectivity index (χ3v) is 4.13. The van der Waals surface area contributed by atoms with Crippen molar-refractivity contribution in [2.45, 2.75) is 31.8 Å². The van der Waals surface area contributed by atoms with Gasteiger partial charge >= 0.3 is 0 Å². The molecule has 2 aromatic rings. The summed E-state index contributed by atoms with van der Waals surface area (Å²) >= 11 is 0. The van der Waals surface area contributed by atoms with Crippen LogP contribution >= 0.6 is 0 Å². The van der Waals surface area contributed by atoms with Crippen LogP contribution in [0, 0.1) is 5.92 Å². The molecule has 0 fully saturated rings. The minimum absolute atomic E-state index is 0.326. The van der Waals surface area contributed by atoms with Crippen molar-refractivity contribution in [3.63, 3.8) is 0 Å². The first-order chi connectivity index (χ1) is 9.24. The van der Waals surface area contributed by atoms with E-state index in [4.69, 9.17) is 0 Å². The Bertz CT molecular complexity index is 564. The van der Waals surface area contributed by atoms with Crippen LogP contribution in [0.25, 0.3) is 0 Å². The molecule has 100 valence electrons. The highest BCUT2D eigenvalue weighted by atomic mass is 16.3. The quantitative estimate of drug-likeness (QED) is 0.907. The maximum Gasteiger partial charge on any atom is 0.138 e. The van der Waals surface area contributed by atoms with Crippen molar-refractivity contribution in [3.05, 3.63) is 47.5 Å². The lowest BCUT2D eigenvalue weighted by atomic mass is 9.80. The SMILES string of the molecule is Cn1ncnc1CC(O)C1CCc2ccccc2C1. The minimum Gasteiger partial charge on any atom is -0.392 e. The molecule has 0 radical (unpaired) electrons. The standard InChI is InChI=1S/C15H19N3O/c1-18-15(16-10-17-18)9-14(19)13-7-6-11-4-2-3-5-12(11)8-13/h2-5,10,13-14,19H,6-9H2,1H3. The van der Waals surface area contributed by atoms with Gasteiger partial charge in [0.05, 0.1) is 6.10 Å². The summed E-state index contributed by atoms with van der Waals surface area (Å²) in [6.45, 7) is 0. The van der Waals surface area contributed by atoms with Crippen LogP contribution in [-0.4, -0.2) is 26.0 Å². The van der Waals surface area contributed by atoms with Crippen LogP contribution in [0.4, 0.5) is 0 Å². The number of hydrogen-bond acceptors (Lipinski definition) is 3. The second kappa shape index (κ2) is 5.13. The number of aryl methyl sites for hydroxylation is 2. The fourth-order valence-electron chi connectivity index (χ4n) is 2.91. The molecule has 1 heterocycles. The van der Waals surface area contributed by atoms with E-state index in [-0.39, 0.29) is 6.10 Å². The molecule has 1 aromatic carbocycles. The lowest BCUT2D eigenvalue weighted by Crippen LogP contribution is -2.29. The van der Waals surface area contributed by atoms with Crippen molar-refractivity contribution in [2.75, 3.05) is 0 Å². The third-order valence-electron chi connectivity index (χ3n) is 4.13. The van der Waals surface area contributed by atoms with E-state index < -0.39 is 0 Å². The van der Waals surface area contributed by atoms with E-state index >= 15 is 0 Å². The first-order valence-corrected chi connectivity index (χ1v) is 6.82. The highest BCUT2D eigenvalue weighted by Crippen LogP contribution is 2.28. The molecule has 1 aromatic heterocycles. The summed E-state index contributed by atoms with van der Waals surface area (Å²) in [6, 6.07) is 8.54. The summed E-state index contributed by atoms with van der Waals surface area (Å²) in [5.74, 6) is 1.18. The summed E-state index contributed by atoms with van der Waals surface area (Å²) in [4.78, 5) is 4.19. The second-order valence-electron chi connectivity index (χ2n) is 5.34. The molecule has 2 unspecified atom stereocenters. The molecular formula is C15H19N3O. The Morgan fingerprint density at radius 3 is 2.89 bits per heavy atom. The van der Waals surface area contributed by atoms with E-state index in [9.17, 15) is 5.11 Å². The number of benzene rings is 1. The number of rotatable bonds is 3. The zero-order valence-corrected chi connectivity index (χ0v) is 11.2. The molecule has 1 aliphatic carbocycles. The van der Waals surface area contributed by atoms with Crippen LogP contribution in [0.3, 0.4) is 0 Å². The van der Waals surface area contributed by atoms with Gasteiger partial charge in [0.25, 0.3) is 0 Å². The van der Waals surface area contributed by atoms with Gasteiger partial charge in [-0.3, -0.25) is 4.68 Å². The van der Waals surface area contributed by atoms with Gasteiger partial charge in [-0.15, -0.1) is 0 Å². The summed E-state index contributed by atoms with van der Waals surface area (Å²) < 4.78 is 1.74. The van der Waals surface area contributed by atoms with E-state index in [0.717, 1.165) is 25.1 Å². The van der Waals surface area contributed by atoms with E-state index in [0.29, 0.717) is 12.3 Å². The van der Waals surface area contributed by atoms with Crippen molar-refractivity contribution >= 4 is 0 Å². The summed E-state index contributed by atoms with van der Waals surface area (Å²) in [5, 5.41) is 14.5. The van der Waals surface area contributed by atoms with E-state index in [2.05, 4.69) is 34.3 Å². The zero-order chi connectivity index (χ0) is 13.2. The maximum absolute atomic E-state index is 10.4. The predicted octanol–water partition coefficient (Wildman–Crippen LogP) is 1.52. The number of aliphatic hydroxyl groups excluding tert-OH is 1. The van der Waals surface area contributed by atoms with Crippen LogP contribution in [0.5, 0.6) is 0 Å². The van der Waals surface area contributed by atoms with Gasteiger partial charge in [0.15, 0.2) is 0 Å². The van der Waals surface area contributed by atoms with Crippen molar-refractivity contribution < 1.29 is 5.11 Å². The number of aliphatic hydroxyl groups is 1. The van der Waals surface area contributed by atoms with Crippen molar-refractivity contribution in [1.29, 1.82) is 0 Å². The average molecular weight is 257 g/mol. The van der Waals surface area contributed by atoms with Crippen LogP contribution in [0.15, 0.2) is 30.6 Å². The highest BCUT2D eigenvalue weighted by molar-refractivity contribution is 5.29. The number of fused-ring (bicyclic) bond motifs is 1. The molecule has 2 atom stereocenters. The fraction of sp³-hybridized carbons (Fsp3) is 0.467. The van der Waals surface area contributed by atoms with Crippen molar-refractivity contribution in [1.82, 2.24) is 14.8 Å². The molecule has 3 rings (SSSR count). The molecule has 4 heteroatoms. The largest absolute Gasteiger partial charge is 0.392 e. The molecule has 0 amide bonds. The first kappa shape index (κ1) is 12.4. The molecule has 0 aliphatic heterocycles. The Balaban J connectivity index is 1.69. The Labute approximate surface area is 113 Å². The molecular weight excluding hydrogens is 238 g/mol. The maximum atomic E-state index is 10.4. The molecule has 0 saturated carbocycles. The van der Waals surface area contributed by atoms with Gasteiger partial charge in [-0.1, -0.05) is 24.3 Å². The fourth-order valence-corrected chi connectivity index (χ4v) is 2.91. The molecule has 19 heavy (non-hydrogen) atoms. The van der Waals surface area contributed by atoms with Crippen molar-refractivity contribution in [3.8, 4) is 0 Å². The van der Waals surface area contributed by atoms with Gasteiger partial charge < -0.3 is 5.11 Å². The van der Waals surface area contributed by atoms with Gasteiger partial charge in [0.2, 0.25) is 0 Å². The highest BCUT2D eigenvalue weighted by Gasteiger charge is 2.25. The number of hydrogen-bond donors (Lipinski definition) is 1. The lowest BCUT2D eigenvalue weighted by Gasteiger charge is -2.28. The summed E-state index contributed by atoms with van der Waals surface area (Å²) in [5.41, 5.74) is 2.82. The van der Waals surface area contributed by atoms with Gasteiger partial charge in [-0.05, 0) is 36.3 Å². The van der Waals surface area contributed by atoms with Crippen molar-refractivity contribution in [2.24, 2.45) is 13.0 Å². The van der Waals surface area contributed by atoms with E-state index in [1.807, 2.05) is 7.05 Å². The van der Waals surface area contributed by atoms with Gasteiger partial charge in [0, 0.05) is 13.5 Å². The van der Waals surface area contributed by atoms with Crippen LogP contribution in [-0.2, 0) is 26.3 Å². The topological polar surface area (TPSA) is 50.9 Å². The Morgan fingerprint density at radius 2 is 2.16 bits per heavy atom.